The molecule has 10 bridgehead atoms. The van der Waals surface area contributed by atoms with Gasteiger partial charge in [0.1, 0.15) is 0 Å². The van der Waals surface area contributed by atoms with Gasteiger partial charge in [0, 0.05) is 22.1 Å². The van der Waals surface area contributed by atoms with Gasteiger partial charge in [-0.15, -0.1) is 0 Å². The standard InChI is InChI=1S/C40H46N4O2/c1-7-11-13-25-21(5)29-17-35-37-27-15-16-28(40(46)39(27)45)38(37)36(44-35)18-30-22(6)26(14-12-8-2)34(42-30)20-32-24(10-4)23(9-3)31(43-32)19-33(25)41-29/h17-20,27-28,43-44H,7-16H2,1-6H3/t27-,28+. The van der Waals surface area contributed by atoms with E-state index in [1.165, 1.54) is 33.4 Å². The average molecular weight is 615 g/mol. The van der Waals surface area contributed by atoms with E-state index in [2.05, 4.69) is 75.8 Å². The van der Waals surface area contributed by atoms with E-state index >= 15 is 0 Å². The predicted molar refractivity (Wildman–Crippen MR) is 189 cm³/mol. The molecule has 0 amide bonds. The average Bonchev–Trinajstić information content (AvgIpc) is 3.75. The van der Waals surface area contributed by atoms with Crippen LogP contribution in [0.4, 0.5) is 0 Å². The minimum absolute atomic E-state index is 0.234. The summed E-state index contributed by atoms with van der Waals surface area (Å²) in [6.45, 7) is 13.3. The van der Waals surface area contributed by atoms with Gasteiger partial charge in [0.15, 0.2) is 0 Å². The lowest BCUT2D eigenvalue weighted by Crippen LogP contribution is -2.38. The molecule has 0 saturated heterocycles. The molecule has 0 radical (unpaired) electrons. The number of aromatic nitrogens is 4. The van der Waals surface area contributed by atoms with Crippen LogP contribution in [-0.2, 0) is 22.4 Å². The quantitative estimate of drug-likeness (QED) is 0.247. The van der Waals surface area contributed by atoms with Crippen molar-refractivity contribution in [3.8, 4) is 0 Å². The maximum Gasteiger partial charge on any atom is 0.206 e. The number of aromatic amines is 2. The molecule has 238 valence electrons. The van der Waals surface area contributed by atoms with Crippen LogP contribution in [0.3, 0.4) is 0 Å². The molecule has 6 nitrogen and oxygen atoms in total. The number of Topliss-reactive ketones (excluding diaryl/α,β-unsaturated/α-hetero) is 2. The molecule has 1 saturated carbocycles. The molecule has 0 aromatic carbocycles. The summed E-state index contributed by atoms with van der Waals surface area (Å²) < 4.78 is 0. The number of carbonyl (C=O) groups excluding carboxylic acids is 2. The highest BCUT2D eigenvalue weighted by Gasteiger charge is 2.47. The van der Waals surface area contributed by atoms with Crippen molar-refractivity contribution in [3.63, 3.8) is 0 Å². The Morgan fingerprint density at radius 3 is 1.39 bits per heavy atom. The Morgan fingerprint density at radius 2 is 1.00 bits per heavy atom. The van der Waals surface area contributed by atoms with Gasteiger partial charge in [-0.2, -0.15) is 0 Å². The van der Waals surface area contributed by atoms with Crippen molar-refractivity contribution in [2.45, 2.75) is 118 Å². The van der Waals surface area contributed by atoms with E-state index in [1.807, 2.05) is 0 Å². The van der Waals surface area contributed by atoms with Gasteiger partial charge in [0.25, 0.3) is 0 Å². The summed E-state index contributed by atoms with van der Waals surface area (Å²) in [5.41, 5.74) is 17.6. The first-order valence-corrected chi connectivity index (χ1v) is 17.6. The zero-order chi connectivity index (χ0) is 32.3. The van der Waals surface area contributed by atoms with E-state index in [1.54, 1.807) is 0 Å². The second-order valence-electron chi connectivity index (χ2n) is 13.6. The number of nitrogens with zero attached hydrogens (tertiary/aromatic N) is 2. The minimum Gasteiger partial charge on any atom is -0.355 e. The van der Waals surface area contributed by atoms with Gasteiger partial charge in [-0.25, -0.2) is 9.97 Å². The van der Waals surface area contributed by atoms with Crippen LogP contribution in [0.1, 0.15) is 150 Å². The summed E-state index contributed by atoms with van der Waals surface area (Å²) >= 11 is 0. The second-order valence-corrected chi connectivity index (χ2v) is 13.6. The molecule has 3 aromatic heterocycles. The summed E-state index contributed by atoms with van der Waals surface area (Å²) in [7, 11) is 0. The number of hydrogen-bond donors (Lipinski definition) is 2. The molecule has 0 spiro atoms. The Hall–Kier alpha value is -4.06. The van der Waals surface area contributed by atoms with E-state index < -0.39 is 11.8 Å². The Labute approximate surface area is 271 Å². The van der Waals surface area contributed by atoms with Gasteiger partial charge in [-0.05, 0) is 134 Å². The molecule has 2 aliphatic heterocycles. The van der Waals surface area contributed by atoms with E-state index in [-0.39, 0.29) is 11.6 Å². The summed E-state index contributed by atoms with van der Waals surface area (Å²) in [4.78, 5) is 44.6. The highest BCUT2D eigenvalue weighted by atomic mass is 16.2. The number of carbonyl (C=O) groups is 2. The lowest BCUT2D eigenvalue weighted by Gasteiger charge is -2.33. The summed E-state index contributed by atoms with van der Waals surface area (Å²) in [6.07, 6.45) is 9.66. The fourth-order valence-corrected chi connectivity index (χ4v) is 8.37. The van der Waals surface area contributed by atoms with Crippen LogP contribution in [0.2, 0.25) is 0 Å². The van der Waals surface area contributed by atoms with Gasteiger partial charge < -0.3 is 9.97 Å². The first kappa shape index (κ1) is 30.6. The highest BCUT2D eigenvalue weighted by Crippen LogP contribution is 2.50. The van der Waals surface area contributed by atoms with Gasteiger partial charge in [-0.1, -0.05) is 40.5 Å². The lowest BCUT2D eigenvalue weighted by molar-refractivity contribution is -0.140. The number of unbranched alkanes of at least 4 members (excludes halogenated alkanes) is 2. The monoisotopic (exact) mass is 614 g/mol. The van der Waals surface area contributed by atoms with E-state index in [0.29, 0.717) is 0 Å². The largest absolute Gasteiger partial charge is 0.355 e. The zero-order valence-corrected chi connectivity index (χ0v) is 28.2. The van der Waals surface area contributed by atoms with Crippen molar-refractivity contribution >= 4 is 55.9 Å². The third kappa shape index (κ3) is 4.75. The van der Waals surface area contributed by atoms with Crippen LogP contribution in [0.5, 0.6) is 0 Å². The highest BCUT2D eigenvalue weighted by molar-refractivity contribution is 6.43. The first-order chi connectivity index (χ1) is 22.3. The molecule has 8 rings (SSSR count). The third-order valence-electron chi connectivity index (χ3n) is 10.9. The van der Waals surface area contributed by atoms with E-state index in [9.17, 15) is 9.59 Å². The van der Waals surface area contributed by atoms with Crippen LogP contribution >= 0.6 is 0 Å². The lowest BCUT2D eigenvalue weighted by atomic mass is 9.66. The molecule has 2 atom stereocenters. The Kier molecular flexibility index (Phi) is 7.94. The van der Waals surface area contributed by atoms with Crippen LogP contribution in [0.25, 0.3) is 44.4 Å². The Bertz CT molecular complexity index is 1880. The van der Waals surface area contributed by atoms with Gasteiger partial charge in [0.05, 0.1) is 34.6 Å². The maximum absolute atomic E-state index is 13.2. The van der Waals surface area contributed by atoms with Crippen molar-refractivity contribution in [2.75, 3.05) is 0 Å². The number of aryl methyl sites for hydroxylation is 2. The Morgan fingerprint density at radius 1 is 0.609 bits per heavy atom. The fourth-order valence-electron chi connectivity index (χ4n) is 8.37. The van der Waals surface area contributed by atoms with Crippen molar-refractivity contribution in [1.82, 2.24) is 19.9 Å². The van der Waals surface area contributed by atoms with Crippen LogP contribution in [-0.4, -0.2) is 31.5 Å². The predicted octanol–water partition coefficient (Wildman–Crippen LogP) is 9.79. The van der Waals surface area contributed by atoms with Crippen LogP contribution in [0.15, 0.2) is 24.3 Å². The van der Waals surface area contributed by atoms with Crippen molar-refractivity contribution < 1.29 is 9.59 Å². The summed E-state index contributed by atoms with van der Waals surface area (Å²) in [5.74, 6) is -1.26. The fraction of sp³-hybridized carbons (Fsp3) is 0.450. The first-order valence-electron chi connectivity index (χ1n) is 17.6. The SMILES string of the molecule is CCCCC1=C(C)c2cc3[nH]c(cc4nc(cc5[nH]c(cc1n2)c(CC)c5CC)C(CCCC)=C4C)c1c3[C@@H]2CC[C@H]1C(=O)C2=O. The Balaban J connectivity index is 1.63. The van der Waals surface area contributed by atoms with Gasteiger partial charge in [-0.3, -0.25) is 9.59 Å². The number of allylic oxidation sites excluding steroid dienone is 4. The molecule has 3 aromatic rings. The van der Waals surface area contributed by atoms with Crippen LogP contribution in [0, 0.1) is 0 Å². The maximum atomic E-state index is 13.2. The smallest absolute Gasteiger partial charge is 0.206 e. The molecule has 2 N–H and O–H groups in total. The normalized spacial score (nSPS) is 19.1. The molecule has 3 aliphatic carbocycles. The topological polar surface area (TPSA) is 91.5 Å². The number of nitrogens with one attached hydrogen (secondary N) is 2. The third-order valence-corrected chi connectivity index (χ3v) is 10.9. The van der Waals surface area contributed by atoms with E-state index in [0.717, 1.165) is 120 Å². The number of H-pyrrole nitrogens is 2. The number of rotatable bonds is 8. The molecule has 6 heteroatoms. The van der Waals surface area contributed by atoms with Gasteiger partial charge >= 0.3 is 0 Å². The van der Waals surface area contributed by atoms with Crippen LogP contribution < -0.4 is 0 Å². The second kappa shape index (κ2) is 11.9. The summed E-state index contributed by atoms with van der Waals surface area (Å²) in [6, 6.07) is 8.80. The molecule has 0 unspecified atom stereocenters. The summed E-state index contributed by atoms with van der Waals surface area (Å²) in [5, 5.41) is 0. The number of hydrogen-bond acceptors (Lipinski definition) is 4. The number of fused-ring (bicyclic) bond motifs is 10. The van der Waals surface area contributed by atoms with Crippen molar-refractivity contribution in [3.05, 3.63) is 69.3 Å². The van der Waals surface area contributed by atoms with Crippen molar-refractivity contribution in [2.24, 2.45) is 0 Å². The molecular formula is C40H46N4O2. The van der Waals surface area contributed by atoms with E-state index in [4.69, 9.17) is 9.97 Å². The molecule has 5 heterocycles. The van der Waals surface area contributed by atoms with Crippen molar-refractivity contribution in [1.29, 1.82) is 0 Å². The molecule has 5 aliphatic rings. The number of ketones is 2. The van der Waals surface area contributed by atoms with Gasteiger partial charge in [0.2, 0.25) is 11.6 Å². The molecule has 1 fully saturated rings. The minimum atomic E-state index is -0.394. The zero-order valence-electron chi connectivity index (χ0n) is 28.2. The molecule has 46 heavy (non-hydrogen) atoms. The molecular weight excluding hydrogens is 568 g/mol.